The van der Waals surface area contributed by atoms with E-state index in [2.05, 4.69) is 24.1 Å². The zero-order chi connectivity index (χ0) is 4.50. The monoisotopic (exact) mass is 237 g/mol. The fourth-order valence-electron chi connectivity index (χ4n) is 0. The molecule has 0 amide bonds. The Labute approximate surface area is 61.8 Å². The van der Waals surface area contributed by atoms with Crippen LogP contribution in [0.15, 0.2) is 0 Å². The average molecular weight is 238 g/mol. The minimum atomic E-state index is -3.11. The van der Waals surface area contributed by atoms with E-state index in [1.165, 1.54) is 0 Å². The van der Waals surface area contributed by atoms with Crippen LogP contribution >= 0.6 is 17.9 Å². The topological polar surface area (TPSA) is 40.5 Å². The summed E-state index contributed by atoms with van der Waals surface area (Å²) < 4.78 is 0. The molecule has 0 unspecified atom stereocenters. The molecule has 0 aromatic carbocycles. The van der Waals surface area contributed by atoms with E-state index < -0.39 is 5.69 Å². The van der Waals surface area contributed by atoms with E-state index in [1.807, 2.05) is 0 Å². The summed E-state index contributed by atoms with van der Waals surface area (Å²) in [7, 11) is 0. The van der Waals surface area contributed by atoms with Gasteiger partial charge in [-0.1, -0.05) is 12.2 Å². The van der Waals surface area contributed by atoms with Crippen molar-refractivity contribution in [3.8, 4) is 0 Å². The Morgan fingerprint density at radius 2 is 1.50 bits per heavy atom. The van der Waals surface area contributed by atoms with Gasteiger partial charge >= 0.3 is 0 Å². The maximum absolute atomic E-state index is 7.87. The molecule has 0 bridgehead atoms. The quantitative estimate of drug-likeness (QED) is 0.319. The summed E-state index contributed by atoms with van der Waals surface area (Å²) in [6.07, 6.45) is 0. The molecule has 1 radical (unpaired) electrons. The van der Waals surface area contributed by atoms with E-state index in [0.717, 1.165) is 0 Å². The van der Waals surface area contributed by atoms with Crippen LogP contribution in [-0.4, -0.2) is 9.79 Å². The van der Waals surface area contributed by atoms with Crippen LogP contribution in [0.1, 0.15) is 0 Å². The van der Waals surface area contributed by atoms with Gasteiger partial charge in [0.25, 0.3) is 0 Å². The van der Waals surface area contributed by atoms with Crippen molar-refractivity contribution in [3.05, 3.63) is 0 Å². The second kappa shape index (κ2) is 3.64. The van der Waals surface area contributed by atoms with E-state index >= 15 is 0 Å². The number of thiol groups is 1. The minimum Gasteiger partial charge on any atom is -0.338 e. The average Bonchev–Trinajstić information content (AvgIpc) is 0.722. The molecule has 0 saturated heterocycles. The maximum Gasteiger partial charge on any atom is 0.239 e. The van der Waals surface area contributed by atoms with Crippen LogP contribution in [0, 0.1) is 0 Å². The fraction of sp³-hybridized carbons (Fsp3) is 0. The van der Waals surface area contributed by atoms with Gasteiger partial charge in [-0.2, -0.15) is 0 Å². The summed E-state index contributed by atoms with van der Waals surface area (Å²) in [5, 5.41) is 0. The molecule has 0 spiro atoms. The van der Waals surface area contributed by atoms with Gasteiger partial charge in [0, 0.05) is 22.4 Å². The van der Waals surface area contributed by atoms with Gasteiger partial charge in [-0.15, -0.1) is 0 Å². The van der Waals surface area contributed by atoms with Crippen LogP contribution in [0.5, 0.6) is 0 Å². The Morgan fingerprint density at radius 1 is 1.50 bits per heavy atom. The minimum absolute atomic E-state index is 0. The molecule has 6 heavy (non-hydrogen) atoms. The Bertz CT molecular complexity index is 57.7. The Balaban J connectivity index is 0. The van der Waals surface area contributed by atoms with Gasteiger partial charge in [-0.05, 0) is 11.8 Å². The zero-order valence-electron chi connectivity index (χ0n) is 2.50. The van der Waals surface area contributed by atoms with E-state index in [1.54, 1.807) is 0 Å². The van der Waals surface area contributed by atoms with Crippen molar-refractivity contribution in [1.82, 2.24) is 0 Å². The molecule has 0 heterocycles. The van der Waals surface area contributed by atoms with Crippen molar-refractivity contribution < 1.29 is 32.2 Å². The predicted octanol–water partition coefficient (Wildman–Crippen LogP) is 0.123. The first-order chi connectivity index (χ1) is 2.00. The Morgan fingerprint density at radius 3 is 1.50 bits per heavy atom. The second-order valence-corrected chi connectivity index (χ2v) is 5.55. The molecule has 6 heteroatoms. The van der Waals surface area contributed by atoms with Gasteiger partial charge in [0.1, 0.15) is 0 Å². The summed E-state index contributed by atoms with van der Waals surface area (Å²) in [6.45, 7) is 0. The Hall–Kier alpha value is 1.66. The first-order valence-electron chi connectivity index (χ1n) is 0.783. The molecule has 0 fully saturated rings. The molecule has 0 saturated carbocycles. The van der Waals surface area contributed by atoms with Crippen molar-refractivity contribution in [3.63, 3.8) is 0 Å². The van der Waals surface area contributed by atoms with Gasteiger partial charge in [0.2, 0.25) is 5.69 Å². The van der Waals surface area contributed by atoms with Crippen molar-refractivity contribution in [1.29, 1.82) is 0 Å². The first-order valence-corrected chi connectivity index (χ1v) is 4.64. The van der Waals surface area contributed by atoms with E-state index in [9.17, 15) is 0 Å². The third-order valence-electron chi connectivity index (χ3n) is 0. The van der Waals surface area contributed by atoms with Gasteiger partial charge in [-0.25, -0.2) is 0 Å². The van der Waals surface area contributed by atoms with Gasteiger partial charge < -0.3 is 9.79 Å². The molecule has 43 valence electrons. The van der Waals surface area contributed by atoms with Crippen LogP contribution in [0.4, 0.5) is 0 Å². The van der Waals surface area contributed by atoms with Crippen LogP contribution in [0.25, 0.3) is 0 Å². The summed E-state index contributed by atoms with van der Waals surface area (Å²) in [4.78, 5) is 15.7. The summed E-state index contributed by atoms with van der Waals surface area (Å²) in [5.41, 5.74) is -3.11. The molecule has 0 aromatic rings. The molecule has 2 nitrogen and oxygen atoms in total. The zero-order valence-corrected chi connectivity index (χ0v) is 6.59. The van der Waals surface area contributed by atoms with Crippen molar-refractivity contribution in [2.45, 2.75) is 0 Å². The maximum atomic E-state index is 7.87. The molecule has 0 aliphatic heterocycles. The largest absolute Gasteiger partial charge is 0.338 e. The van der Waals surface area contributed by atoms with Gasteiger partial charge in [0.05, 0.1) is 0 Å². The summed E-state index contributed by atoms with van der Waals surface area (Å²) in [6, 6.07) is 0. The Kier molecular flexibility index (Phi) is 6.43. The van der Waals surface area contributed by atoms with Crippen LogP contribution in [0.2, 0.25) is 0 Å². The van der Waals surface area contributed by atoms with Crippen LogP contribution < -0.4 is 0 Å². The molecule has 0 aliphatic carbocycles. The fourth-order valence-corrected chi connectivity index (χ4v) is 0. The van der Waals surface area contributed by atoms with E-state index in [-0.39, 0.29) is 22.4 Å². The molecule has 0 aromatic heterocycles. The van der Waals surface area contributed by atoms with E-state index in [0.29, 0.717) is 0 Å². The second-order valence-electron chi connectivity index (χ2n) is 0.513. The molecule has 0 rings (SSSR count). The summed E-state index contributed by atoms with van der Waals surface area (Å²) >= 11 is 7.07. The first kappa shape index (κ1) is 10.6. The van der Waals surface area contributed by atoms with Crippen molar-refractivity contribution in [2.24, 2.45) is 0 Å². The standard InChI is InChI=1S/Ag.H3O2PS2/c;1-3(2,4)5/h;(H3,1,2,4,5). The third kappa shape index (κ3) is 44.6. The number of hydrogen-bond donors (Lipinski definition) is 3. The predicted molar refractivity (Wildman–Crippen MR) is 27.7 cm³/mol. The molecular weight excluding hydrogens is 235 g/mol. The van der Waals surface area contributed by atoms with Crippen LogP contribution in [0.3, 0.4) is 0 Å². The van der Waals surface area contributed by atoms with Gasteiger partial charge in [-0.3, -0.25) is 0 Å². The normalized spacial score (nSPS) is 9.83. The van der Waals surface area contributed by atoms with Crippen molar-refractivity contribution >= 4 is 29.7 Å². The molecule has 0 aliphatic rings. The summed E-state index contributed by atoms with van der Waals surface area (Å²) in [5.74, 6) is 0. The van der Waals surface area contributed by atoms with Crippen molar-refractivity contribution in [2.75, 3.05) is 0 Å². The number of rotatable bonds is 0. The van der Waals surface area contributed by atoms with Gasteiger partial charge in [0.15, 0.2) is 0 Å². The van der Waals surface area contributed by atoms with E-state index in [4.69, 9.17) is 9.79 Å². The molecule has 0 atom stereocenters. The smallest absolute Gasteiger partial charge is 0.239 e. The SMILES string of the molecule is OP(O)(=S)S.[Ag]. The number of hydrogen-bond acceptors (Lipinski definition) is 1. The third-order valence-corrected chi connectivity index (χ3v) is 0. The molecule has 2 N–H and O–H groups in total. The molecular formula is H3AgO2PS2. The van der Waals surface area contributed by atoms with Crippen LogP contribution in [-0.2, 0) is 34.2 Å².